The van der Waals surface area contributed by atoms with Crippen molar-refractivity contribution in [1.82, 2.24) is 0 Å². The van der Waals surface area contributed by atoms with E-state index in [9.17, 15) is 9.59 Å². The fourth-order valence-electron chi connectivity index (χ4n) is 2.09. The Morgan fingerprint density at radius 3 is 1.75 bits per heavy atom. The highest BCUT2D eigenvalue weighted by Gasteiger charge is 2.33. The first-order chi connectivity index (χ1) is 6.96. The molecule has 0 aromatic carbocycles. The molecule has 2 N–H and O–H groups in total. The lowest BCUT2D eigenvalue weighted by Gasteiger charge is -2.32. The number of carboxylic acid groups (broad SMARTS) is 2. The van der Waals surface area contributed by atoms with Crippen LogP contribution in [-0.4, -0.2) is 22.2 Å². The topological polar surface area (TPSA) is 74.6 Å². The summed E-state index contributed by atoms with van der Waals surface area (Å²) in [5.74, 6) is -2.39. The zero-order valence-corrected chi connectivity index (χ0v) is 10.5. The van der Waals surface area contributed by atoms with Gasteiger partial charge in [-0.05, 0) is 17.3 Å². The van der Waals surface area contributed by atoms with E-state index in [1.54, 1.807) is 13.8 Å². The Hall–Kier alpha value is -1.32. The van der Waals surface area contributed by atoms with Crippen molar-refractivity contribution in [1.29, 1.82) is 0 Å². The molecule has 0 aromatic heterocycles. The molecule has 16 heavy (non-hydrogen) atoms. The van der Waals surface area contributed by atoms with Gasteiger partial charge in [0.1, 0.15) is 0 Å². The summed E-state index contributed by atoms with van der Waals surface area (Å²) < 4.78 is 0. The number of hydrogen-bond acceptors (Lipinski definition) is 2. The second-order valence-corrected chi connectivity index (χ2v) is 5.82. The lowest BCUT2D eigenvalue weighted by Crippen LogP contribution is -2.27. The standard InChI is InChI=1S/C12H20O4/c1-11(2,3)7-12(4,5)8(10(15)16)6-9(13)14/h6H,7H2,1-5H3,(H,13,14)(H,15,16)/b8-6+. The van der Waals surface area contributed by atoms with Crippen LogP contribution in [0.5, 0.6) is 0 Å². The average Bonchev–Trinajstić information content (AvgIpc) is 1.93. The Bertz CT molecular complexity index is 318. The summed E-state index contributed by atoms with van der Waals surface area (Å²) in [7, 11) is 0. The summed E-state index contributed by atoms with van der Waals surface area (Å²) in [6.07, 6.45) is 1.39. The van der Waals surface area contributed by atoms with Gasteiger partial charge in [-0.3, -0.25) is 0 Å². The van der Waals surface area contributed by atoms with Gasteiger partial charge in [0.2, 0.25) is 0 Å². The van der Waals surface area contributed by atoms with E-state index in [0.29, 0.717) is 6.42 Å². The number of carbonyl (C=O) groups is 2. The van der Waals surface area contributed by atoms with Crippen LogP contribution in [0, 0.1) is 10.8 Å². The van der Waals surface area contributed by atoms with Crippen LogP contribution in [0.1, 0.15) is 41.0 Å². The molecule has 0 aliphatic heterocycles. The van der Waals surface area contributed by atoms with E-state index in [1.807, 2.05) is 20.8 Å². The molecular weight excluding hydrogens is 208 g/mol. The van der Waals surface area contributed by atoms with Crippen molar-refractivity contribution in [2.75, 3.05) is 0 Å². The molecule has 0 radical (unpaired) electrons. The molecule has 0 heterocycles. The number of rotatable bonds is 4. The normalized spacial score (nSPS) is 13.7. The average molecular weight is 228 g/mol. The Kier molecular flexibility index (Phi) is 4.29. The second-order valence-electron chi connectivity index (χ2n) is 5.82. The van der Waals surface area contributed by atoms with Gasteiger partial charge in [-0.1, -0.05) is 34.6 Å². The predicted octanol–water partition coefficient (Wildman–Crippen LogP) is 2.54. The highest BCUT2D eigenvalue weighted by Crippen LogP contribution is 2.38. The van der Waals surface area contributed by atoms with E-state index in [0.717, 1.165) is 6.08 Å². The van der Waals surface area contributed by atoms with Crippen molar-refractivity contribution < 1.29 is 19.8 Å². The third-order valence-corrected chi connectivity index (χ3v) is 2.20. The Morgan fingerprint density at radius 1 is 1.06 bits per heavy atom. The molecule has 0 atom stereocenters. The third-order valence-electron chi connectivity index (χ3n) is 2.20. The van der Waals surface area contributed by atoms with E-state index in [-0.39, 0.29) is 11.0 Å². The zero-order chi connectivity index (χ0) is 13.1. The van der Waals surface area contributed by atoms with E-state index in [4.69, 9.17) is 10.2 Å². The van der Waals surface area contributed by atoms with Crippen LogP contribution in [0.4, 0.5) is 0 Å². The molecule has 0 amide bonds. The molecule has 0 rings (SSSR count). The smallest absolute Gasteiger partial charge is 0.332 e. The van der Waals surface area contributed by atoms with Crippen molar-refractivity contribution in [3.63, 3.8) is 0 Å². The molecule has 0 fully saturated rings. The summed E-state index contributed by atoms with van der Waals surface area (Å²) in [5.41, 5.74) is -0.783. The van der Waals surface area contributed by atoms with Crippen LogP contribution in [-0.2, 0) is 9.59 Å². The van der Waals surface area contributed by atoms with Crippen molar-refractivity contribution in [2.45, 2.75) is 41.0 Å². The number of carboxylic acids is 2. The van der Waals surface area contributed by atoms with Crippen molar-refractivity contribution in [3.8, 4) is 0 Å². The fraction of sp³-hybridized carbons (Fsp3) is 0.667. The Morgan fingerprint density at radius 2 is 1.50 bits per heavy atom. The maximum Gasteiger partial charge on any atom is 0.332 e. The van der Waals surface area contributed by atoms with Crippen LogP contribution < -0.4 is 0 Å². The van der Waals surface area contributed by atoms with Gasteiger partial charge in [0.05, 0.1) is 0 Å². The molecule has 0 aliphatic carbocycles. The Labute approximate surface area is 96.0 Å². The molecule has 0 saturated heterocycles. The van der Waals surface area contributed by atoms with Gasteiger partial charge in [0, 0.05) is 11.6 Å². The monoisotopic (exact) mass is 228 g/mol. The highest BCUT2D eigenvalue weighted by atomic mass is 16.4. The molecular formula is C12H20O4. The molecule has 0 aromatic rings. The molecule has 4 nitrogen and oxygen atoms in total. The van der Waals surface area contributed by atoms with Crippen LogP contribution in [0.25, 0.3) is 0 Å². The minimum absolute atomic E-state index is 0.0590. The maximum absolute atomic E-state index is 11.0. The summed E-state index contributed by atoms with van der Waals surface area (Å²) in [6, 6.07) is 0. The van der Waals surface area contributed by atoms with Gasteiger partial charge in [0.15, 0.2) is 0 Å². The molecule has 0 unspecified atom stereocenters. The lowest BCUT2D eigenvalue weighted by atomic mass is 9.72. The van der Waals surface area contributed by atoms with Gasteiger partial charge in [-0.15, -0.1) is 0 Å². The van der Waals surface area contributed by atoms with E-state index in [1.165, 1.54) is 0 Å². The molecule has 0 spiro atoms. The van der Waals surface area contributed by atoms with Crippen LogP contribution >= 0.6 is 0 Å². The summed E-state index contributed by atoms with van der Waals surface area (Å²) in [5, 5.41) is 17.7. The molecule has 0 bridgehead atoms. The zero-order valence-electron chi connectivity index (χ0n) is 10.5. The largest absolute Gasteiger partial charge is 0.478 e. The third kappa shape index (κ3) is 4.96. The van der Waals surface area contributed by atoms with Crippen LogP contribution in [0.2, 0.25) is 0 Å². The predicted molar refractivity (Wildman–Crippen MR) is 61.2 cm³/mol. The quantitative estimate of drug-likeness (QED) is 0.725. The van der Waals surface area contributed by atoms with Gasteiger partial charge >= 0.3 is 11.9 Å². The van der Waals surface area contributed by atoms with Gasteiger partial charge in [-0.2, -0.15) is 0 Å². The van der Waals surface area contributed by atoms with Crippen molar-refractivity contribution in [3.05, 3.63) is 11.6 Å². The second kappa shape index (κ2) is 4.68. The molecule has 0 saturated carbocycles. The summed E-state index contributed by atoms with van der Waals surface area (Å²) >= 11 is 0. The number of aliphatic carboxylic acids is 2. The first kappa shape index (κ1) is 14.7. The van der Waals surface area contributed by atoms with E-state index >= 15 is 0 Å². The molecule has 4 heteroatoms. The van der Waals surface area contributed by atoms with Gasteiger partial charge in [-0.25, -0.2) is 9.59 Å². The minimum Gasteiger partial charge on any atom is -0.478 e. The van der Waals surface area contributed by atoms with Crippen LogP contribution in [0.15, 0.2) is 11.6 Å². The van der Waals surface area contributed by atoms with Gasteiger partial charge in [0.25, 0.3) is 0 Å². The van der Waals surface area contributed by atoms with Gasteiger partial charge < -0.3 is 10.2 Å². The fourth-order valence-corrected chi connectivity index (χ4v) is 2.09. The van der Waals surface area contributed by atoms with E-state index < -0.39 is 17.4 Å². The Balaban J connectivity index is 5.22. The number of hydrogen-bond donors (Lipinski definition) is 2. The summed E-state index contributed by atoms with van der Waals surface area (Å²) in [6.45, 7) is 9.49. The van der Waals surface area contributed by atoms with E-state index in [2.05, 4.69) is 0 Å². The molecule has 0 aliphatic rings. The minimum atomic E-state index is -1.22. The first-order valence-corrected chi connectivity index (χ1v) is 5.14. The van der Waals surface area contributed by atoms with Crippen molar-refractivity contribution in [2.24, 2.45) is 10.8 Å². The maximum atomic E-state index is 11.0. The van der Waals surface area contributed by atoms with Crippen LogP contribution in [0.3, 0.4) is 0 Å². The lowest BCUT2D eigenvalue weighted by molar-refractivity contribution is -0.136. The molecule has 92 valence electrons. The SMILES string of the molecule is CC(C)(C)CC(C)(C)/C(=C/C(=O)O)C(=O)O. The van der Waals surface area contributed by atoms with Crippen molar-refractivity contribution >= 4 is 11.9 Å². The first-order valence-electron chi connectivity index (χ1n) is 5.14. The summed E-state index contributed by atoms with van der Waals surface area (Å²) in [4.78, 5) is 21.6. The highest BCUT2D eigenvalue weighted by molar-refractivity contribution is 5.95.